The predicted octanol–water partition coefficient (Wildman–Crippen LogP) is 5.15. The average molecular weight is 567 g/mol. The van der Waals surface area contributed by atoms with E-state index < -0.39 is 11.8 Å². The van der Waals surface area contributed by atoms with Crippen molar-refractivity contribution in [2.45, 2.75) is 0 Å². The molecule has 7 nitrogen and oxygen atoms in total. The van der Waals surface area contributed by atoms with E-state index >= 15 is 0 Å². The Labute approximate surface area is 206 Å². The van der Waals surface area contributed by atoms with E-state index in [2.05, 4.69) is 47.7 Å². The molecule has 0 radical (unpaired) electrons. The van der Waals surface area contributed by atoms with Gasteiger partial charge in [0, 0.05) is 32.0 Å². The number of hydrogen-bond donors (Lipinski definition) is 2. The van der Waals surface area contributed by atoms with Crippen LogP contribution in [-0.4, -0.2) is 27.8 Å². The van der Waals surface area contributed by atoms with E-state index in [9.17, 15) is 9.59 Å². The molecular weight excluding hydrogens is 550 g/mol. The maximum absolute atomic E-state index is 12.2. The normalized spacial score (nSPS) is 10.8. The number of carbonyl (C=O) groups excluding carboxylic acids is 2. The summed E-state index contributed by atoms with van der Waals surface area (Å²) in [5.74, 6) is -1.70. The van der Waals surface area contributed by atoms with E-state index in [4.69, 9.17) is 5.10 Å². The smallest absolute Gasteiger partial charge is 0.318 e. The quantitative estimate of drug-likeness (QED) is 0.199. The highest BCUT2D eigenvalue weighted by Crippen LogP contribution is 2.24. The van der Waals surface area contributed by atoms with Crippen molar-refractivity contribution in [3.63, 3.8) is 0 Å². The Bertz CT molecular complexity index is 1300. The van der Waals surface area contributed by atoms with E-state index in [-0.39, 0.29) is 0 Å². The largest absolute Gasteiger partial charge is 0.329 e. The van der Waals surface area contributed by atoms with Crippen LogP contribution in [0.1, 0.15) is 5.56 Å². The Morgan fingerprint density at radius 2 is 1.48 bits per heavy atom. The number of para-hydroxylation sites is 1. The first-order chi connectivity index (χ1) is 16.0. The van der Waals surface area contributed by atoms with Crippen molar-refractivity contribution in [1.29, 1.82) is 0 Å². The van der Waals surface area contributed by atoms with Crippen molar-refractivity contribution < 1.29 is 9.59 Å². The first kappa shape index (κ1) is 22.6. The van der Waals surface area contributed by atoms with Gasteiger partial charge in [-0.1, -0.05) is 62.2 Å². The van der Waals surface area contributed by atoms with Crippen molar-refractivity contribution in [2.24, 2.45) is 5.10 Å². The van der Waals surface area contributed by atoms with Gasteiger partial charge in [0.05, 0.1) is 11.9 Å². The van der Waals surface area contributed by atoms with Gasteiger partial charge in [0.1, 0.15) is 5.69 Å². The number of aromatic nitrogens is 2. The van der Waals surface area contributed by atoms with Crippen LogP contribution in [0.2, 0.25) is 0 Å². The number of hydrazone groups is 1. The minimum Gasteiger partial charge on any atom is -0.318 e. The van der Waals surface area contributed by atoms with Crippen LogP contribution < -0.4 is 10.7 Å². The van der Waals surface area contributed by atoms with Gasteiger partial charge in [-0.25, -0.2) is 10.1 Å². The van der Waals surface area contributed by atoms with E-state index in [1.807, 2.05) is 60.8 Å². The first-order valence-electron chi connectivity index (χ1n) is 9.80. The van der Waals surface area contributed by atoms with Gasteiger partial charge in [0.15, 0.2) is 0 Å². The van der Waals surface area contributed by atoms with Crippen LogP contribution in [0.4, 0.5) is 5.69 Å². The molecule has 0 saturated heterocycles. The minimum atomic E-state index is -0.880. The second-order valence-electron chi connectivity index (χ2n) is 6.88. The summed E-state index contributed by atoms with van der Waals surface area (Å²) in [4.78, 5) is 24.3. The van der Waals surface area contributed by atoms with Crippen LogP contribution in [0.25, 0.3) is 16.9 Å². The average Bonchev–Trinajstić information content (AvgIpc) is 3.25. The highest BCUT2D eigenvalue weighted by Gasteiger charge is 2.14. The summed E-state index contributed by atoms with van der Waals surface area (Å²) >= 11 is 6.76. The number of nitrogens with zero attached hydrogens (tertiary/aromatic N) is 3. The van der Waals surface area contributed by atoms with Crippen LogP contribution in [0, 0.1) is 0 Å². The van der Waals surface area contributed by atoms with Gasteiger partial charge in [-0.05, 0) is 48.5 Å². The Hall–Kier alpha value is -3.56. The molecular formula is C24H17Br2N5O2. The summed E-state index contributed by atoms with van der Waals surface area (Å²) in [6, 6.07) is 24.3. The molecule has 1 heterocycles. The number of carbonyl (C=O) groups is 2. The standard InChI is InChI=1S/C24H17Br2N5O2/c25-18-8-6-16(7-9-18)22-17(15-31(30-22)21-4-2-1-3-5-21)14-27-29-24(33)23(32)28-20-12-10-19(26)11-13-20/h1-15H,(H,28,32)(H,29,33). The molecule has 2 amide bonds. The van der Waals surface area contributed by atoms with E-state index in [1.165, 1.54) is 6.21 Å². The zero-order chi connectivity index (χ0) is 23.2. The lowest BCUT2D eigenvalue weighted by molar-refractivity contribution is -0.136. The van der Waals surface area contributed by atoms with E-state index in [0.29, 0.717) is 16.9 Å². The number of anilines is 1. The highest BCUT2D eigenvalue weighted by atomic mass is 79.9. The lowest BCUT2D eigenvalue weighted by Crippen LogP contribution is -2.32. The fourth-order valence-corrected chi connectivity index (χ4v) is 3.49. The molecule has 164 valence electrons. The molecule has 33 heavy (non-hydrogen) atoms. The summed E-state index contributed by atoms with van der Waals surface area (Å²) in [6.45, 7) is 0. The Morgan fingerprint density at radius 3 is 2.15 bits per heavy atom. The minimum absolute atomic E-state index is 0.504. The number of halogens is 2. The van der Waals surface area contributed by atoms with Gasteiger partial charge >= 0.3 is 11.8 Å². The molecule has 0 unspecified atom stereocenters. The molecule has 4 rings (SSSR count). The number of hydrogen-bond acceptors (Lipinski definition) is 4. The summed E-state index contributed by atoms with van der Waals surface area (Å²) in [5, 5.41) is 11.2. The van der Waals surface area contributed by atoms with Crippen molar-refractivity contribution >= 4 is 55.6 Å². The molecule has 4 aromatic rings. The van der Waals surface area contributed by atoms with Crippen molar-refractivity contribution in [1.82, 2.24) is 15.2 Å². The van der Waals surface area contributed by atoms with E-state index in [1.54, 1.807) is 28.9 Å². The predicted molar refractivity (Wildman–Crippen MR) is 135 cm³/mol. The maximum Gasteiger partial charge on any atom is 0.329 e. The lowest BCUT2D eigenvalue weighted by Gasteiger charge is -2.03. The summed E-state index contributed by atoms with van der Waals surface area (Å²) in [5.41, 5.74) is 5.89. The topological polar surface area (TPSA) is 88.4 Å². The van der Waals surface area contributed by atoms with Crippen LogP contribution in [0.15, 0.2) is 99.1 Å². The Balaban J connectivity index is 1.52. The highest BCUT2D eigenvalue weighted by molar-refractivity contribution is 9.10. The monoisotopic (exact) mass is 565 g/mol. The second-order valence-corrected chi connectivity index (χ2v) is 8.71. The number of nitrogens with one attached hydrogen (secondary N) is 2. The molecule has 9 heteroatoms. The van der Waals surface area contributed by atoms with Crippen LogP contribution >= 0.6 is 31.9 Å². The van der Waals surface area contributed by atoms with Crippen molar-refractivity contribution in [3.8, 4) is 16.9 Å². The van der Waals surface area contributed by atoms with Gasteiger partial charge in [0.2, 0.25) is 0 Å². The Kier molecular flexibility index (Phi) is 7.11. The van der Waals surface area contributed by atoms with Gasteiger partial charge < -0.3 is 5.32 Å². The molecule has 1 aromatic heterocycles. The molecule has 3 aromatic carbocycles. The molecule has 0 fully saturated rings. The summed E-state index contributed by atoms with van der Waals surface area (Å²) < 4.78 is 3.56. The van der Waals surface area contributed by atoms with Crippen molar-refractivity contribution in [2.75, 3.05) is 5.32 Å². The zero-order valence-electron chi connectivity index (χ0n) is 17.1. The molecule has 0 saturated carbocycles. The Morgan fingerprint density at radius 1 is 0.848 bits per heavy atom. The third-order valence-corrected chi connectivity index (χ3v) is 5.62. The van der Waals surface area contributed by atoms with Crippen LogP contribution in [-0.2, 0) is 9.59 Å². The van der Waals surface area contributed by atoms with Gasteiger partial charge in [-0.15, -0.1) is 0 Å². The van der Waals surface area contributed by atoms with Gasteiger partial charge in [-0.2, -0.15) is 10.2 Å². The maximum atomic E-state index is 12.2. The molecule has 0 spiro atoms. The fourth-order valence-electron chi connectivity index (χ4n) is 2.96. The van der Waals surface area contributed by atoms with Gasteiger partial charge in [0.25, 0.3) is 0 Å². The second kappa shape index (κ2) is 10.4. The molecule has 0 aliphatic heterocycles. The van der Waals surface area contributed by atoms with Crippen molar-refractivity contribution in [3.05, 3.63) is 99.6 Å². The fraction of sp³-hybridized carbons (Fsp3) is 0. The summed E-state index contributed by atoms with van der Waals surface area (Å²) in [7, 11) is 0. The molecule has 0 bridgehead atoms. The molecule has 0 aliphatic carbocycles. The third-order valence-electron chi connectivity index (χ3n) is 4.56. The number of benzene rings is 3. The molecule has 2 N–H and O–H groups in total. The third kappa shape index (κ3) is 5.82. The summed E-state index contributed by atoms with van der Waals surface area (Å²) in [6.07, 6.45) is 3.28. The van der Waals surface area contributed by atoms with E-state index in [0.717, 1.165) is 20.2 Å². The van der Waals surface area contributed by atoms with Crippen LogP contribution in [0.3, 0.4) is 0 Å². The molecule has 0 aliphatic rings. The number of amides is 2. The molecule has 0 atom stereocenters. The zero-order valence-corrected chi connectivity index (χ0v) is 20.2. The van der Waals surface area contributed by atoms with Gasteiger partial charge in [-0.3, -0.25) is 9.59 Å². The number of rotatable bonds is 5. The lowest BCUT2D eigenvalue weighted by atomic mass is 10.1. The first-order valence-corrected chi connectivity index (χ1v) is 11.4. The van der Waals surface area contributed by atoms with Crippen LogP contribution in [0.5, 0.6) is 0 Å². The SMILES string of the molecule is O=C(NN=Cc1cn(-c2ccccc2)nc1-c1ccc(Br)cc1)C(=O)Nc1ccc(Br)cc1.